The minimum Gasteiger partial charge on any atom is -0.391 e. The van der Waals surface area contributed by atoms with E-state index in [-0.39, 0.29) is 0 Å². The summed E-state index contributed by atoms with van der Waals surface area (Å²) in [6, 6.07) is -1.43. The zero-order chi connectivity index (χ0) is 10.4. The molecule has 0 bridgehead atoms. The Morgan fingerprint density at radius 3 is 2.08 bits per heavy atom. The molecular formula is C7H15N3O3. The van der Waals surface area contributed by atoms with Crippen molar-refractivity contribution in [2.75, 3.05) is 14.1 Å². The van der Waals surface area contributed by atoms with E-state index in [2.05, 4.69) is 16.0 Å². The Balaban J connectivity index is 4.26. The van der Waals surface area contributed by atoms with E-state index in [4.69, 9.17) is 5.11 Å². The molecule has 3 amide bonds. The van der Waals surface area contributed by atoms with Crippen LogP contribution in [0.1, 0.15) is 6.92 Å². The third-order valence-electron chi connectivity index (χ3n) is 1.52. The van der Waals surface area contributed by atoms with Gasteiger partial charge in [0.05, 0.1) is 6.10 Å². The molecule has 6 heteroatoms. The zero-order valence-electron chi connectivity index (χ0n) is 7.92. The molecule has 0 aliphatic heterocycles. The fraction of sp³-hybridized carbons (Fsp3) is 0.714. The predicted octanol–water partition coefficient (Wildman–Crippen LogP) is -1.59. The third kappa shape index (κ3) is 3.75. The molecule has 0 saturated carbocycles. The van der Waals surface area contributed by atoms with Gasteiger partial charge in [-0.25, -0.2) is 4.79 Å². The van der Waals surface area contributed by atoms with E-state index >= 15 is 0 Å². The number of carbonyl (C=O) groups excluding carboxylic acids is 2. The first kappa shape index (κ1) is 11.7. The number of carbonyl (C=O) groups is 2. The van der Waals surface area contributed by atoms with Crippen LogP contribution >= 0.6 is 0 Å². The highest BCUT2D eigenvalue weighted by Crippen LogP contribution is 1.92. The maximum absolute atomic E-state index is 11.1. The van der Waals surface area contributed by atoms with Gasteiger partial charge in [-0.15, -0.1) is 0 Å². The highest BCUT2D eigenvalue weighted by atomic mass is 16.3. The van der Waals surface area contributed by atoms with Crippen LogP contribution in [0.4, 0.5) is 4.79 Å². The number of aliphatic hydroxyl groups is 1. The summed E-state index contributed by atoms with van der Waals surface area (Å²) < 4.78 is 0. The van der Waals surface area contributed by atoms with Crippen LogP contribution in [0.5, 0.6) is 0 Å². The summed E-state index contributed by atoms with van der Waals surface area (Å²) in [6.07, 6.45) is -0.933. The van der Waals surface area contributed by atoms with E-state index in [1.165, 1.54) is 21.0 Å². The fourth-order valence-electron chi connectivity index (χ4n) is 0.774. The first-order chi connectivity index (χ1) is 6.02. The van der Waals surface area contributed by atoms with E-state index in [9.17, 15) is 9.59 Å². The van der Waals surface area contributed by atoms with Gasteiger partial charge in [-0.1, -0.05) is 0 Å². The molecule has 0 saturated heterocycles. The lowest BCUT2D eigenvalue weighted by atomic mass is 10.2. The molecule has 0 aliphatic carbocycles. The number of likely N-dealkylation sites (N-methyl/N-ethyl adjacent to an activating group) is 1. The van der Waals surface area contributed by atoms with Crippen molar-refractivity contribution in [2.24, 2.45) is 0 Å². The minimum absolute atomic E-state index is 0.432. The molecule has 0 fully saturated rings. The van der Waals surface area contributed by atoms with Crippen LogP contribution in [0.25, 0.3) is 0 Å². The van der Waals surface area contributed by atoms with Crippen LogP contribution in [-0.2, 0) is 4.79 Å². The lowest BCUT2D eigenvalue weighted by Gasteiger charge is -2.19. The van der Waals surface area contributed by atoms with Crippen LogP contribution in [0.3, 0.4) is 0 Å². The van der Waals surface area contributed by atoms with Crippen molar-refractivity contribution >= 4 is 11.9 Å². The van der Waals surface area contributed by atoms with Crippen molar-refractivity contribution in [1.29, 1.82) is 0 Å². The molecular weight excluding hydrogens is 174 g/mol. The van der Waals surface area contributed by atoms with Gasteiger partial charge < -0.3 is 21.1 Å². The molecule has 6 nitrogen and oxygen atoms in total. The van der Waals surface area contributed by atoms with Crippen molar-refractivity contribution in [2.45, 2.75) is 19.1 Å². The summed E-state index contributed by atoms with van der Waals surface area (Å²) in [5.41, 5.74) is 0. The number of nitrogens with one attached hydrogen (secondary N) is 3. The van der Waals surface area contributed by atoms with Crippen molar-refractivity contribution in [3.63, 3.8) is 0 Å². The highest BCUT2D eigenvalue weighted by Gasteiger charge is 2.23. The first-order valence-electron chi connectivity index (χ1n) is 3.90. The number of amides is 3. The van der Waals surface area contributed by atoms with Gasteiger partial charge in [-0.05, 0) is 6.92 Å². The van der Waals surface area contributed by atoms with E-state index in [0.717, 1.165) is 0 Å². The quantitative estimate of drug-likeness (QED) is 0.431. The van der Waals surface area contributed by atoms with Gasteiger partial charge in [0.25, 0.3) is 0 Å². The Morgan fingerprint density at radius 1 is 1.23 bits per heavy atom. The summed E-state index contributed by atoms with van der Waals surface area (Å²) in [4.78, 5) is 21.9. The Morgan fingerprint density at radius 2 is 1.77 bits per heavy atom. The number of aliphatic hydroxyl groups excluding tert-OH is 1. The number of hydrogen-bond acceptors (Lipinski definition) is 3. The second-order valence-corrected chi connectivity index (χ2v) is 2.56. The van der Waals surface area contributed by atoms with Gasteiger partial charge in [0.2, 0.25) is 5.91 Å². The van der Waals surface area contributed by atoms with Gasteiger partial charge in [0.15, 0.2) is 0 Å². The summed E-state index contributed by atoms with van der Waals surface area (Å²) >= 11 is 0. The molecule has 0 aromatic rings. The smallest absolute Gasteiger partial charge is 0.315 e. The first-order valence-corrected chi connectivity index (χ1v) is 3.90. The molecule has 0 rings (SSSR count). The van der Waals surface area contributed by atoms with E-state index in [1.54, 1.807) is 0 Å². The fourth-order valence-corrected chi connectivity index (χ4v) is 0.774. The monoisotopic (exact) mass is 189 g/mol. The van der Waals surface area contributed by atoms with Crippen LogP contribution in [0.2, 0.25) is 0 Å². The lowest BCUT2D eigenvalue weighted by molar-refractivity contribution is -0.124. The number of urea groups is 1. The Kier molecular flexibility index (Phi) is 4.83. The van der Waals surface area contributed by atoms with Gasteiger partial charge in [-0.2, -0.15) is 0 Å². The summed E-state index contributed by atoms with van der Waals surface area (Å²) in [7, 11) is 2.86. The summed E-state index contributed by atoms with van der Waals surface area (Å²) in [5, 5.41) is 16.1. The SMILES string of the molecule is CNC(=O)NC(C(=O)NC)C(C)O. The van der Waals surface area contributed by atoms with Gasteiger partial charge in [0.1, 0.15) is 6.04 Å². The molecule has 4 N–H and O–H groups in total. The average molecular weight is 189 g/mol. The Bertz CT molecular complexity index is 193. The molecule has 13 heavy (non-hydrogen) atoms. The van der Waals surface area contributed by atoms with Crippen molar-refractivity contribution in [3.05, 3.63) is 0 Å². The van der Waals surface area contributed by atoms with Crippen LogP contribution in [-0.4, -0.2) is 43.3 Å². The standard InChI is InChI=1S/C7H15N3O3/c1-4(11)5(6(12)8-2)10-7(13)9-3/h4-5,11H,1-3H3,(H,8,12)(H2,9,10,13). The summed E-state index contributed by atoms with van der Waals surface area (Å²) in [5.74, 6) is -0.432. The van der Waals surface area contributed by atoms with Gasteiger partial charge >= 0.3 is 6.03 Å². The molecule has 2 unspecified atom stereocenters. The molecule has 0 heterocycles. The zero-order valence-corrected chi connectivity index (χ0v) is 7.92. The lowest BCUT2D eigenvalue weighted by Crippen LogP contribution is -2.53. The summed E-state index contributed by atoms with van der Waals surface area (Å²) in [6.45, 7) is 1.43. The normalized spacial score (nSPS) is 14.2. The largest absolute Gasteiger partial charge is 0.391 e. The van der Waals surface area contributed by atoms with E-state index in [1.807, 2.05) is 0 Å². The number of hydrogen-bond donors (Lipinski definition) is 4. The molecule has 0 spiro atoms. The molecule has 2 atom stereocenters. The predicted molar refractivity (Wildman–Crippen MR) is 47.1 cm³/mol. The van der Waals surface area contributed by atoms with Crippen LogP contribution in [0, 0.1) is 0 Å². The third-order valence-corrected chi connectivity index (χ3v) is 1.52. The van der Waals surface area contributed by atoms with E-state index < -0.39 is 24.1 Å². The van der Waals surface area contributed by atoms with E-state index in [0.29, 0.717) is 0 Å². The number of rotatable bonds is 3. The van der Waals surface area contributed by atoms with Gasteiger partial charge in [0, 0.05) is 14.1 Å². The van der Waals surface area contributed by atoms with Crippen molar-refractivity contribution < 1.29 is 14.7 Å². The topological polar surface area (TPSA) is 90.5 Å². The van der Waals surface area contributed by atoms with Crippen molar-refractivity contribution in [1.82, 2.24) is 16.0 Å². The molecule has 76 valence electrons. The maximum Gasteiger partial charge on any atom is 0.315 e. The molecule has 0 aromatic carbocycles. The van der Waals surface area contributed by atoms with Crippen molar-refractivity contribution in [3.8, 4) is 0 Å². The second kappa shape index (κ2) is 5.36. The second-order valence-electron chi connectivity index (χ2n) is 2.56. The Hall–Kier alpha value is -1.30. The minimum atomic E-state index is -0.933. The molecule has 0 aromatic heterocycles. The van der Waals surface area contributed by atoms with Gasteiger partial charge in [-0.3, -0.25) is 4.79 Å². The molecule has 0 radical (unpaired) electrons. The highest BCUT2D eigenvalue weighted by molar-refractivity contribution is 5.87. The van der Waals surface area contributed by atoms with Crippen LogP contribution < -0.4 is 16.0 Å². The van der Waals surface area contributed by atoms with Crippen LogP contribution in [0.15, 0.2) is 0 Å². The maximum atomic E-state index is 11.1. The average Bonchev–Trinajstić information content (AvgIpc) is 2.11. The Labute approximate surface area is 76.7 Å². The molecule has 0 aliphatic rings.